The molecule has 0 heterocycles. The van der Waals surface area contributed by atoms with E-state index in [1.54, 1.807) is 12.1 Å². The molecule has 1 N–H and O–H groups in total. The number of hydrogen-bond acceptors (Lipinski definition) is 1. The SMILES string of the molecule is CC1(C)CCCCC1c1ccc(O)cc1. The third kappa shape index (κ3) is 2.17. The molecule has 1 aliphatic carbocycles. The fourth-order valence-electron chi connectivity index (χ4n) is 2.82. The lowest BCUT2D eigenvalue weighted by atomic mass is 9.66. The number of hydrogen-bond donors (Lipinski definition) is 1. The monoisotopic (exact) mass is 204 g/mol. The van der Waals surface area contributed by atoms with E-state index < -0.39 is 0 Å². The average molecular weight is 204 g/mol. The fraction of sp³-hybridized carbons (Fsp3) is 0.571. The number of rotatable bonds is 1. The van der Waals surface area contributed by atoms with Crippen molar-refractivity contribution in [3.63, 3.8) is 0 Å². The van der Waals surface area contributed by atoms with Crippen molar-refractivity contribution < 1.29 is 5.11 Å². The molecule has 0 bridgehead atoms. The van der Waals surface area contributed by atoms with Gasteiger partial charge in [-0.3, -0.25) is 0 Å². The van der Waals surface area contributed by atoms with Crippen molar-refractivity contribution in [2.45, 2.75) is 45.4 Å². The molecule has 1 unspecified atom stereocenters. The summed E-state index contributed by atoms with van der Waals surface area (Å²) in [5, 5.41) is 9.29. The summed E-state index contributed by atoms with van der Waals surface area (Å²) in [6, 6.07) is 7.76. The van der Waals surface area contributed by atoms with Gasteiger partial charge >= 0.3 is 0 Å². The number of phenolic OH excluding ortho intramolecular Hbond substituents is 1. The van der Waals surface area contributed by atoms with Gasteiger partial charge in [0.2, 0.25) is 0 Å². The molecule has 1 fully saturated rings. The average Bonchev–Trinajstić information content (AvgIpc) is 2.19. The van der Waals surface area contributed by atoms with Gasteiger partial charge in [-0.1, -0.05) is 38.8 Å². The maximum atomic E-state index is 9.29. The van der Waals surface area contributed by atoms with E-state index in [0.717, 1.165) is 0 Å². The predicted octanol–water partition coefficient (Wildman–Crippen LogP) is 4.08. The van der Waals surface area contributed by atoms with Crippen molar-refractivity contribution in [1.29, 1.82) is 0 Å². The Morgan fingerprint density at radius 1 is 1.13 bits per heavy atom. The minimum atomic E-state index is 0.368. The minimum Gasteiger partial charge on any atom is -0.508 e. The first-order chi connectivity index (χ1) is 7.09. The maximum absolute atomic E-state index is 9.29. The van der Waals surface area contributed by atoms with Crippen LogP contribution >= 0.6 is 0 Å². The van der Waals surface area contributed by atoms with Crippen molar-refractivity contribution >= 4 is 0 Å². The first-order valence-electron chi connectivity index (χ1n) is 5.88. The molecule has 1 aromatic rings. The second-order valence-electron chi connectivity index (χ2n) is 5.38. The lowest BCUT2D eigenvalue weighted by Gasteiger charge is -2.39. The largest absolute Gasteiger partial charge is 0.508 e. The van der Waals surface area contributed by atoms with E-state index in [1.807, 2.05) is 0 Å². The van der Waals surface area contributed by atoms with Gasteiger partial charge in [-0.25, -0.2) is 0 Å². The molecule has 2 rings (SSSR count). The summed E-state index contributed by atoms with van der Waals surface area (Å²) >= 11 is 0. The van der Waals surface area contributed by atoms with Crippen LogP contribution in [0.3, 0.4) is 0 Å². The smallest absolute Gasteiger partial charge is 0.115 e. The molecular formula is C14H20O. The van der Waals surface area contributed by atoms with Gasteiger partial charge in [0.05, 0.1) is 0 Å². The summed E-state index contributed by atoms with van der Waals surface area (Å²) in [6.45, 7) is 4.73. The van der Waals surface area contributed by atoms with Gasteiger partial charge in [0.1, 0.15) is 5.75 Å². The van der Waals surface area contributed by atoms with Crippen molar-refractivity contribution in [2.24, 2.45) is 5.41 Å². The van der Waals surface area contributed by atoms with Crippen molar-refractivity contribution in [2.75, 3.05) is 0 Å². The summed E-state index contributed by atoms with van der Waals surface area (Å²) in [5.74, 6) is 1.03. The molecule has 0 radical (unpaired) electrons. The van der Waals surface area contributed by atoms with E-state index in [1.165, 1.54) is 31.2 Å². The van der Waals surface area contributed by atoms with Crippen molar-refractivity contribution in [1.82, 2.24) is 0 Å². The van der Waals surface area contributed by atoms with Crippen LogP contribution in [0.25, 0.3) is 0 Å². The second kappa shape index (κ2) is 3.88. The quantitative estimate of drug-likeness (QED) is 0.731. The van der Waals surface area contributed by atoms with Crippen molar-refractivity contribution in [3.8, 4) is 5.75 Å². The molecule has 1 saturated carbocycles. The van der Waals surface area contributed by atoms with Crippen LogP contribution in [-0.4, -0.2) is 5.11 Å². The highest BCUT2D eigenvalue weighted by atomic mass is 16.3. The van der Waals surface area contributed by atoms with E-state index in [9.17, 15) is 5.11 Å². The minimum absolute atomic E-state index is 0.368. The summed E-state index contributed by atoms with van der Waals surface area (Å²) in [7, 11) is 0. The molecule has 0 spiro atoms. The predicted molar refractivity (Wildman–Crippen MR) is 63.1 cm³/mol. The lowest BCUT2D eigenvalue weighted by molar-refractivity contribution is 0.199. The molecule has 82 valence electrons. The van der Waals surface area contributed by atoms with Crippen molar-refractivity contribution in [3.05, 3.63) is 29.8 Å². The zero-order valence-corrected chi connectivity index (χ0v) is 9.66. The van der Waals surface area contributed by atoms with Gasteiger partial charge in [0, 0.05) is 0 Å². The highest BCUT2D eigenvalue weighted by molar-refractivity contribution is 5.29. The van der Waals surface area contributed by atoms with Crippen LogP contribution in [0.15, 0.2) is 24.3 Å². The standard InChI is InChI=1S/C14H20O/c1-14(2)10-4-3-5-13(14)11-6-8-12(15)9-7-11/h6-9,13,15H,3-5,10H2,1-2H3. The van der Waals surface area contributed by atoms with Crippen LogP contribution in [-0.2, 0) is 0 Å². The zero-order chi connectivity index (χ0) is 10.9. The number of aromatic hydroxyl groups is 1. The van der Waals surface area contributed by atoms with Gasteiger partial charge in [-0.2, -0.15) is 0 Å². The van der Waals surface area contributed by atoms with Gasteiger partial charge in [0.25, 0.3) is 0 Å². The van der Waals surface area contributed by atoms with E-state index in [-0.39, 0.29) is 0 Å². The maximum Gasteiger partial charge on any atom is 0.115 e. The molecule has 1 aliphatic rings. The van der Waals surface area contributed by atoms with Gasteiger partial charge in [-0.05, 0) is 41.9 Å². The van der Waals surface area contributed by atoms with Crippen LogP contribution < -0.4 is 0 Å². The van der Waals surface area contributed by atoms with E-state index >= 15 is 0 Å². The first kappa shape index (κ1) is 10.5. The Bertz CT molecular complexity index is 324. The highest BCUT2D eigenvalue weighted by Gasteiger charge is 2.32. The molecule has 0 saturated heterocycles. The van der Waals surface area contributed by atoms with Crippen LogP contribution in [0.5, 0.6) is 5.75 Å². The third-order valence-corrected chi connectivity index (χ3v) is 3.80. The van der Waals surface area contributed by atoms with Crippen LogP contribution in [0, 0.1) is 5.41 Å². The van der Waals surface area contributed by atoms with Gasteiger partial charge in [0.15, 0.2) is 0 Å². The van der Waals surface area contributed by atoms with Crippen LogP contribution in [0.2, 0.25) is 0 Å². The molecule has 1 nitrogen and oxygen atoms in total. The Morgan fingerprint density at radius 2 is 1.80 bits per heavy atom. The van der Waals surface area contributed by atoms with Gasteiger partial charge < -0.3 is 5.11 Å². The molecular weight excluding hydrogens is 184 g/mol. The first-order valence-corrected chi connectivity index (χ1v) is 5.88. The van der Waals surface area contributed by atoms with Crippen LogP contribution in [0.4, 0.5) is 0 Å². The summed E-state index contributed by atoms with van der Waals surface area (Å²) < 4.78 is 0. The Hall–Kier alpha value is -0.980. The van der Waals surface area contributed by atoms with E-state index in [2.05, 4.69) is 26.0 Å². The molecule has 1 aromatic carbocycles. The second-order valence-corrected chi connectivity index (χ2v) is 5.38. The molecule has 0 amide bonds. The topological polar surface area (TPSA) is 20.2 Å². The Labute approximate surface area is 92.1 Å². The summed E-state index contributed by atoms with van der Waals surface area (Å²) in [5.41, 5.74) is 1.80. The number of benzene rings is 1. The highest BCUT2D eigenvalue weighted by Crippen LogP contribution is 2.46. The number of phenols is 1. The zero-order valence-electron chi connectivity index (χ0n) is 9.66. The molecule has 0 aliphatic heterocycles. The molecule has 1 atom stereocenters. The lowest BCUT2D eigenvalue weighted by Crippen LogP contribution is -2.25. The molecule has 15 heavy (non-hydrogen) atoms. The van der Waals surface area contributed by atoms with E-state index in [0.29, 0.717) is 17.1 Å². The summed E-state index contributed by atoms with van der Waals surface area (Å²) in [6.07, 6.45) is 5.31. The van der Waals surface area contributed by atoms with E-state index in [4.69, 9.17) is 0 Å². The van der Waals surface area contributed by atoms with Gasteiger partial charge in [-0.15, -0.1) is 0 Å². The third-order valence-electron chi connectivity index (χ3n) is 3.80. The normalized spacial score (nSPS) is 25.1. The fourth-order valence-corrected chi connectivity index (χ4v) is 2.82. The molecule has 1 heteroatoms. The molecule has 0 aromatic heterocycles. The Balaban J connectivity index is 2.25. The summed E-state index contributed by atoms with van der Waals surface area (Å²) in [4.78, 5) is 0. The Morgan fingerprint density at radius 3 is 2.40 bits per heavy atom. The Kier molecular flexibility index (Phi) is 2.72. The van der Waals surface area contributed by atoms with Crippen LogP contribution in [0.1, 0.15) is 51.0 Å².